The van der Waals surface area contributed by atoms with Crippen LogP contribution in [-0.4, -0.2) is 62.4 Å². The first-order chi connectivity index (χ1) is 8.27. The lowest BCUT2D eigenvalue weighted by molar-refractivity contribution is -0.137. The van der Waals surface area contributed by atoms with Gasteiger partial charge in [-0.25, -0.2) is 0 Å². The van der Waals surface area contributed by atoms with E-state index >= 15 is 0 Å². The Morgan fingerprint density at radius 2 is 2.18 bits per heavy atom. The van der Waals surface area contributed by atoms with Crippen LogP contribution in [0.15, 0.2) is 0 Å². The first-order valence-corrected chi connectivity index (χ1v) is 6.49. The Kier molecular flexibility index (Phi) is 4.76. The van der Waals surface area contributed by atoms with E-state index < -0.39 is 0 Å². The monoisotopic (exact) mass is 242 g/mol. The van der Waals surface area contributed by atoms with Crippen LogP contribution in [0.4, 0.5) is 0 Å². The van der Waals surface area contributed by atoms with Crippen molar-refractivity contribution >= 4 is 5.91 Å². The number of amides is 1. The minimum Gasteiger partial charge on any atom is -0.378 e. The van der Waals surface area contributed by atoms with Crippen LogP contribution < -0.4 is 5.32 Å². The number of carbonyl (C=O) groups is 1. The summed E-state index contributed by atoms with van der Waals surface area (Å²) in [5.41, 5.74) is 0. The van der Waals surface area contributed by atoms with Crippen molar-refractivity contribution in [1.82, 2.24) is 10.2 Å². The average molecular weight is 242 g/mol. The van der Waals surface area contributed by atoms with Crippen molar-refractivity contribution in [1.29, 1.82) is 0 Å². The molecule has 0 aromatic carbocycles. The lowest BCUT2D eigenvalue weighted by Crippen LogP contribution is -2.50. The number of morpholine rings is 1. The molecule has 17 heavy (non-hydrogen) atoms. The fourth-order valence-electron chi connectivity index (χ4n) is 2.26. The Labute approximate surface area is 102 Å². The zero-order valence-corrected chi connectivity index (χ0v) is 10.5. The van der Waals surface area contributed by atoms with Crippen molar-refractivity contribution < 1.29 is 14.3 Å². The molecule has 0 aromatic heterocycles. The van der Waals surface area contributed by atoms with E-state index in [2.05, 4.69) is 5.32 Å². The lowest BCUT2D eigenvalue weighted by atomic mass is 10.2. The molecule has 2 saturated heterocycles. The van der Waals surface area contributed by atoms with E-state index in [4.69, 9.17) is 9.47 Å². The number of carbonyl (C=O) groups excluding carboxylic acids is 1. The maximum Gasteiger partial charge on any atom is 0.239 e. The van der Waals surface area contributed by atoms with Crippen LogP contribution >= 0.6 is 0 Å². The van der Waals surface area contributed by atoms with Crippen molar-refractivity contribution in [3.63, 3.8) is 0 Å². The third kappa shape index (κ3) is 3.66. The Hall–Kier alpha value is -0.650. The fourth-order valence-corrected chi connectivity index (χ4v) is 2.26. The van der Waals surface area contributed by atoms with Gasteiger partial charge in [-0.15, -0.1) is 0 Å². The molecule has 1 N–H and O–H groups in total. The number of ether oxygens (including phenoxy) is 2. The van der Waals surface area contributed by atoms with E-state index in [0.29, 0.717) is 26.3 Å². The Bertz CT molecular complexity index is 248. The second-order valence-electron chi connectivity index (χ2n) is 4.70. The van der Waals surface area contributed by atoms with Crippen molar-refractivity contribution in [3.05, 3.63) is 0 Å². The van der Waals surface area contributed by atoms with Gasteiger partial charge in [-0.1, -0.05) is 0 Å². The topological polar surface area (TPSA) is 50.8 Å². The van der Waals surface area contributed by atoms with Gasteiger partial charge in [0.2, 0.25) is 5.91 Å². The second-order valence-corrected chi connectivity index (χ2v) is 4.70. The molecule has 0 saturated carbocycles. The highest BCUT2D eigenvalue weighted by Crippen LogP contribution is 2.11. The summed E-state index contributed by atoms with van der Waals surface area (Å²) in [7, 11) is 0. The third-order valence-corrected chi connectivity index (χ3v) is 3.37. The smallest absolute Gasteiger partial charge is 0.239 e. The minimum atomic E-state index is -0.128. The van der Waals surface area contributed by atoms with Crippen LogP contribution in [0, 0.1) is 0 Å². The summed E-state index contributed by atoms with van der Waals surface area (Å²) >= 11 is 0. The van der Waals surface area contributed by atoms with Gasteiger partial charge in [0.15, 0.2) is 0 Å². The number of nitrogens with one attached hydrogen (secondary N) is 1. The quantitative estimate of drug-likeness (QED) is 0.754. The summed E-state index contributed by atoms with van der Waals surface area (Å²) in [5, 5.41) is 3.26. The van der Waals surface area contributed by atoms with Crippen LogP contribution in [0.3, 0.4) is 0 Å². The molecule has 98 valence electrons. The summed E-state index contributed by atoms with van der Waals surface area (Å²) in [6.07, 6.45) is 2.53. The zero-order chi connectivity index (χ0) is 12.1. The highest BCUT2D eigenvalue weighted by Gasteiger charge is 2.23. The zero-order valence-electron chi connectivity index (χ0n) is 10.5. The van der Waals surface area contributed by atoms with Gasteiger partial charge >= 0.3 is 0 Å². The van der Waals surface area contributed by atoms with E-state index in [-0.39, 0.29) is 18.1 Å². The van der Waals surface area contributed by atoms with Gasteiger partial charge in [-0.05, 0) is 19.8 Å². The number of nitrogens with zero attached hydrogens (tertiary/aromatic N) is 1. The van der Waals surface area contributed by atoms with Crippen LogP contribution in [0.2, 0.25) is 0 Å². The van der Waals surface area contributed by atoms with Gasteiger partial charge in [0, 0.05) is 26.2 Å². The van der Waals surface area contributed by atoms with E-state index in [1.807, 2.05) is 11.8 Å². The standard InChI is InChI=1S/C12H22N2O3/c1-10(13-9-11-3-2-6-17-11)12(15)14-4-7-16-8-5-14/h10-11,13H,2-9H2,1H3/t10-,11-/m0/s1. The average Bonchev–Trinajstić information content (AvgIpc) is 2.89. The SMILES string of the molecule is C[C@H](NC[C@@H]1CCCO1)C(=O)N1CCOCC1. The molecule has 0 radical (unpaired) electrons. The van der Waals surface area contributed by atoms with Gasteiger partial charge < -0.3 is 19.7 Å². The molecule has 5 nitrogen and oxygen atoms in total. The van der Waals surface area contributed by atoms with Crippen LogP contribution in [0.5, 0.6) is 0 Å². The van der Waals surface area contributed by atoms with E-state index in [1.165, 1.54) is 0 Å². The molecule has 0 aromatic rings. The molecule has 0 aliphatic carbocycles. The molecule has 2 aliphatic heterocycles. The third-order valence-electron chi connectivity index (χ3n) is 3.37. The van der Waals surface area contributed by atoms with Gasteiger partial charge in [0.05, 0.1) is 25.4 Å². The highest BCUT2D eigenvalue weighted by molar-refractivity contribution is 5.81. The summed E-state index contributed by atoms with van der Waals surface area (Å²) in [6.45, 7) is 6.30. The van der Waals surface area contributed by atoms with Gasteiger partial charge in [-0.3, -0.25) is 4.79 Å². The van der Waals surface area contributed by atoms with Crippen molar-refractivity contribution in [2.75, 3.05) is 39.5 Å². The van der Waals surface area contributed by atoms with Gasteiger partial charge in [-0.2, -0.15) is 0 Å². The first-order valence-electron chi connectivity index (χ1n) is 6.49. The maximum absolute atomic E-state index is 12.1. The second kappa shape index (κ2) is 6.33. The Morgan fingerprint density at radius 1 is 1.41 bits per heavy atom. The van der Waals surface area contributed by atoms with Gasteiger partial charge in [0.25, 0.3) is 0 Å². The van der Waals surface area contributed by atoms with Crippen LogP contribution in [0.25, 0.3) is 0 Å². The predicted molar refractivity (Wildman–Crippen MR) is 63.8 cm³/mol. The maximum atomic E-state index is 12.1. The molecular weight excluding hydrogens is 220 g/mol. The molecule has 0 spiro atoms. The van der Waals surface area contributed by atoms with Gasteiger partial charge in [0.1, 0.15) is 0 Å². The van der Waals surface area contributed by atoms with Crippen LogP contribution in [-0.2, 0) is 14.3 Å². The summed E-state index contributed by atoms with van der Waals surface area (Å²) in [5.74, 6) is 0.172. The molecule has 2 rings (SSSR count). The molecule has 0 bridgehead atoms. The first kappa shape index (κ1) is 12.8. The molecule has 5 heteroatoms. The lowest BCUT2D eigenvalue weighted by Gasteiger charge is -2.29. The van der Waals surface area contributed by atoms with E-state index in [9.17, 15) is 4.79 Å². The summed E-state index contributed by atoms with van der Waals surface area (Å²) < 4.78 is 10.8. The molecule has 2 atom stereocenters. The molecule has 2 aliphatic rings. The number of hydrogen-bond acceptors (Lipinski definition) is 4. The van der Waals surface area contributed by atoms with E-state index in [0.717, 1.165) is 26.0 Å². The molecule has 2 fully saturated rings. The highest BCUT2D eigenvalue weighted by atomic mass is 16.5. The minimum absolute atomic E-state index is 0.128. The number of hydrogen-bond donors (Lipinski definition) is 1. The van der Waals surface area contributed by atoms with Crippen molar-refractivity contribution in [2.24, 2.45) is 0 Å². The van der Waals surface area contributed by atoms with E-state index in [1.54, 1.807) is 0 Å². The van der Waals surface area contributed by atoms with Crippen molar-refractivity contribution in [2.45, 2.75) is 31.9 Å². The number of rotatable bonds is 4. The Morgan fingerprint density at radius 3 is 2.82 bits per heavy atom. The summed E-state index contributed by atoms with van der Waals surface area (Å²) in [4.78, 5) is 13.9. The molecule has 0 unspecified atom stereocenters. The molecule has 1 amide bonds. The molecule has 2 heterocycles. The normalized spacial score (nSPS) is 27.1. The van der Waals surface area contributed by atoms with Crippen LogP contribution in [0.1, 0.15) is 19.8 Å². The molecular formula is C12H22N2O3. The van der Waals surface area contributed by atoms with Crippen molar-refractivity contribution in [3.8, 4) is 0 Å². The summed E-state index contributed by atoms with van der Waals surface area (Å²) in [6, 6.07) is -0.128. The fraction of sp³-hybridized carbons (Fsp3) is 0.917. The Balaban J connectivity index is 1.70. The largest absolute Gasteiger partial charge is 0.378 e. The predicted octanol–water partition coefficient (Wildman–Crippen LogP) is 0.00230.